The molecule has 0 aliphatic carbocycles. The number of benzene rings is 1. The second kappa shape index (κ2) is 8.00. The number of halogens is 1. The van der Waals surface area contributed by atoms with Crippen LogP contribution in [0.25, 0.3) is 11.3 Å². The minimum absolute atomic E-state index is 0.475. The van der Waals surface area contributed by atoms with E-state index in [1.54, 1.807) is 19.4 Å². The summed E-state index contributed by atoms with van der Waals surface area (Å²) in [4.78, 5) is 4.11. The molecule has 3 aromatic rings. The fraction of sp³-hybridized carbons (Fsp3) is 0.111. The summed E-state index contributed by atoms with van der Waals surface area (Å²) < 4.78 is 10.8. The second-order valence-electron chi connectivity index (χ2n) is 5.17. The monoisotopic (exact) mass is 373 g/mol. The van der Waals surface area contributed by atoms with Crippen molar-refractivity contribution in [3.8, 4) is 17.2 Å². The highest BCUT2D eigenvalue weighted by Crippen LogP contribution is 2.23. The summed E-state index contributed by atoms with van der Waals surface area (Å²) in [5, 5.41) is 7.33. The highest BCUT2D eigenvalue weighted by atomic mass is 35.5. The van der Waals surface area contributed by atoms with E-state index >= 15 is 0 Å². The average Bonchev–Trinajstić information content (AvgIpc) is 3.10. The summed E-state index contributed by atoms with van der Waals surface area (Å²) in [7, 11) is 1.57. The number of ether oxygens (including phenoxy) is 1. The van der Waals surface area contributed by atoms with E-state index in [0.717, 1.165) is 22.8 Å². The Labute approximate surface area is 156 Å². The van der Waals surface area contributed by atoms with Crippen molar-refractivity contribution in [1.82, 2.24) is 10.3 Å². The summed E-state index contributed by atoms with van der Waals surface area (Å²) >= 11 is 11.2. The third-order valence-electron chi connectivity index (χ3n) is 3.42. The lowest BCUT2D eigenvalue weighted by molar-refractivity contribution is 0.398. The molecular formula is C18H16ClN3O2S. The highest BCUT2D eigenvalue weighted by Gasteiger charge is 2.06. The molecule has 0 fully saturated rings. The number of pyridine rings is 1. The van der Waals surface area contributed by atoms with Crippen LogP contribution in [-0.2, 0) is 6.54 Å². The molecule has 0 spiro atoms. The summed E-state index contributed by atoms with van der Waals surface area (Å²) in [6.45, 7) is 0.475. The van der Waals surface area contributed by atoms with Crippen molar-refractivity contribution in [3.05, 3.63) is 65.5 Å². The number of nitrogens with zero attached hydrogens (tertiary/aromatic N) is 1. The Balaban J connectivity index is 1.54. The molecule has 128 valence electrons. The molecule has 0 unspecified atom stereocenters. The van der Waals surface area contributed by atoms with Crippen LogP contribution < -0.4 is 15.4 Å². The second-order valence-corrected chi connectivity index (χ2v) is 6.01. The Kier molecular flexibility index (Phi) is 5.53. The third kappa shape index (κ3) is 4.71. The standard InChI is InChI=1S/C18H16ClN3O2S/c1-23-17-9-6-14(10-20-17)22-18(25)21-11-15-7-8-16(24-15)12-2-4-13(19)5-3-12/h2-10H,11H2,1H3,(H2,21,22,25). The van der Waals surface area contributed by atoms with Gasteiger partial charge in [0.2, 0.25) is 5.88 Å². The number of rotatable bonds is 5. The van der Waals surface area contributed by atoms with Crippen LogP contribution in [0, 0.1) is 0 Å². The van der Waals surface area contributed by atoms with Crippen molar-refractivity contribution < 1.29 is 9.15 Å². The first-order valence-electron chi connectivity index (χ1n) is 7.53. The van der Waals surface area contributed by atoms with Crippen molar-refractivity contribution in [3.63, 3.8) is 0 Å². The first-order valence-corrected chi connectivity index (χ1v) is 8.32. The van der Waals surface area contributed by atoms with Gasteiger partial charge >= 0.3 is 0 Å². The smallest absolute Gasteiger partial charge is 0.213 e. The van der Waals surface area contributed by atoms with E-state index in [0.29, 0.717) is 22.6 Å². The summed E-state index contributed by atoms with van der Waals surface area (Å²) in [5.74, 6) is 2.11. The molecule has 0 saturated carbocycles. The van der Waals surface area contributed by atoms with Gasteiger partial charge in [0.1, 0.15) is 11.5 Å². The van der Waals surface area contributed by atoms with Gasteiger partial charge in [0.25, 0.3) is 0 Å². The lowest BCUT2D eigenvalue weighted by Gasteiger charge is -2.09. The first-order chi connectivity index (χ1) is 12.1. The molecule has 2 N–H and O–H groups in total. The van der Waals surface area contributed by atoms with Crippen LogP contribution in [0.2, 0.25) is 5.02 Å². The van der Waals surface area contributed by atoms with Crippen molar-refractivity contribution in [1.29, 1.82) is 0 Å². The van der Waals surface area contributed by atoms with E-state index in [1.807, 2.05) is 42.5 Å². The molecular weight excluding hydrogens is 358 g/mol. The fourth-order valence-electron chi connectivity index (χ4n) is 2.16. The number of thiocarbonyl (C=S) groups is 1. The SMILES string of the molecule is COc1ccc(NC(=S)NCc2ccc(-c3ccc(Cl)cc3)o2)cn1. The van der Waals surface area contributed by atoms with Crippen LogP contribution in [0.1, 0.15) is 5.76 Å². The lowest BCUT2D eigenvalue weighted by Crippen LogP contribution is -2.27. The zero-order chi connectivity index (χ0) is 17.6. The fourth-order valence-corrected chi connectivity index (χ4v) is 2.48. The van der Waals surface area contributed by atoms with E-state index in [-0.39, 0.29) is 0 Å². The number of furan rings is 1. The summed E-state index contributed by atoms with van der Waals surface area (Å²) in [5.41, 5.74) is 1.75. The van der Waals surface area contributed by atoms with Crippen molar-refractivity contribution in [2.75, 3.05) is 12.4 Å². The van der Waals surface area contributed by atoms with Gasteiger partial charge in [-0.15, -0.1) is 0 Å². The number of hydrogen-bond acceptors (Lipinski definition) is 4. The molecule has 0 bridgehead atoms. The zero-order valence-electron chi connectivity index (χ0n) is 13.5. The topological polar surface area (TPSA) is 59.3 Å². The number of methoxy groups -OCH3 is 1. The predicted octanol–water partition coefficient (Wildman–Crippen LogP) is 4.49. The van der Waals surface area contributed by atoms with Gasteiger partial charge in [-0.3, -0.25) is 0 Å². The van der Waals surface area contributed by atoms with E-state index in [4.69, 9.17) is 33.0 Å². The molecule has 2 aromatic heterocycles. The van der Waals surface area contributed by atoms with Gasteiger partial charge in [-0.1, -0.05) is 11.6 Å². The number of nitrogens with one attached hydrogen (secondary N) is 2. The third-order valence-corrected chi connectivity index (χ3v) is 3.92. The molecule has 2 heterocycles. The Morgan fingerprint density at radius 2 is 1.96 bits per heavy atom. The van der Waals surface area contributed by atoms with Gasteiger partial charge in [-0.2, -0.15) is 0 Å². The van der Waals surface area contributed by atoms with Crippen LogP contribution in [0.15, 0.2) is 59.1 Å². The summed E-state index contributed by atoms with van der Waals surface area (Å²) in [6, 6.07) is 14.9. The Morgan fingerprint density at radius 3 is 2.64 bits per heavy atom. The van der Waals surface area contributed by atoms with Crippen LogP contribution in [0.3, 0.4) is 0 Å². The Hall–Kier alpha value is -2.57. The quantitative estimate of drug-likeness (QED) is 0.642. The number of aromatic nitrogens is 1. The molecule has 0 amide bonds. The van der Waals surface area contributed by atoms with Gasteiger partial charge in [0.05, 0.1) is 25.5 Å². The van der Waals surface area contributed by atoms with Crippen LogP contribution in [-0.4, -0.2) is 17.2 Å². The van der Waals surface area contributed by atoms with Crippen LogP contribution in [0.5, 0.6) is 5.88 Å². The van der Waals surface area contributed by atoms with Crippen molar-refractivity contribution >= 4 is 34.6 Å². The molecule has 0 atom stereocenters. The van der Waals surface area contributed by atoms with Gasteiger partial charge in [-0.25, -0.2) is 4.98 Å². The number of hydrogen-bond donors (Lipinski definition) is 2. The van der Waals surface area contributed by atoms with Gasteiger partial charge in [-0.05, 0) is 54.7 Å². The molecule has 7 heteroatoms. The molecule has 25 heavy (non-hydrogen) atoms. The average molecular weight is 374 g/mol. The van der Waals surface area contributed by atoms with Gasteiger partial charge in [0, 0.05) is 16.7 Å². The highest BCUT2D eigenvalue weighted by molar-refractivity contribution is 7.80. The van der Waals surface area contributed by atoms with Crippen LogP contribution in [0.4, 0.5) is 5.69 Å². The molecule has 0 saturated heterocycles. The normalized spacial score (nSPS) is 10.3. The maximum atomic E-state index is 5.90. The van der Waals surface area contributed by atoms with Gasteiger partial charge in [0.15, 0.2) is 5.11 Å². The summed E-state index contributed by atoms with van der Waals surface area (Å²) in [6.07, 6.45) is 1.65. The number of anilines is 1. The molecule has 0 aliphatic rings. The largest absolute Gasteiger partial charge is 0.481 e. The molecule has 0 radical (unpaired) electrons. The van der Waals surface area contributed by atoms with E-state index in [1.165, 1.54) is 0 Å². The predicted molar refractivity (Wildman–Crippen MR) is 103 cm³/mol. The maximum absolute atomic E-state index is 5.90. The van der Waals surface area contributed by atoms with Gasteiger partial charge < -0.3 is 19.8 Å². The Morgan fingerprint density at radius 1 is 1.16 bits per heavy atom. The van der Waals surface area contributed by atoms with Crippen molar-refractivity contribution in [2.45, 2.75) is 6.54 Å². The molecule has 1 aromatic carbocycles. The first kappa shape index (κ1) is 17.3. The van der Waals surface area contributed by atoms with E-state index < -0.39 is 0 Å². The molecule has 3 rings (SSSR count). The van der Waals surface area contributed by atoms with E-state index in [2.05, 4.69) is 15.6 Å². The van der Waals surface area contributed by atoms with Crippen molar-refractivity contribution in [2.24, 2.45) is 0 Å². The minimum Gasteiger partial charge on any atom is -0.481 e. The van der Waals surface area contributed by atoms with E-state index in [9.17, 15) is 0 Å². The molecule has 0 aliphatic heterocycles. The minimum atomic E-state index is 0.475. The molecule has 5 nitrogen and oxygen atoms in total. The van der Waals surface area contributed by atoms with Crippen LogP contribution >= 0.6 is 23.8 Å². The Bertz CT molecular complexity index is 848. The lowest BCUT2D eigenvalue weighted by atomic mass is 10.2. The zero-order valence-corrected chi connectivity index (χ0v) is 15.0. The maximum Gasteiger partial charge on any atom is 0.213 e.